The highest BCUT2D eigenvalue weighted by molar-refractivity contribution is 5.99. The van der Waals surface area contributed by atoms with Crippen LogP contribution >= 0.6 is 0 Å². The number of carbonyl (C=O) groups excluding carboxylic acids is 2. The molecule has 0 aliphatic heterocycles. The van der Waals surface area contributed by atoms with Gasteiger partial charge in [0.25, 0.3) is 17.4 Å². The molecule has 2 amide bonds. The molecule has 31 heavy (non-hydrogen) atoms. The zero-order chi connectivity index (χ0) is 22.4. The molecule has 2 atom stereocenters. The average Bonchev–Trinajstić information content (AvgIpc) is 3.50. The van der Waals surface area contributed by atoms with E-state index in [4.69, 9.17) is 14.6 Å². The fraction of sp³-hybridized carbons (Fsp3) is 0.409. The molecular formula is C22H27N3O6. The van der Waals surface area contributed by atoms with E-state index in [1.807, 2.05) is 6.92 Å². The molecule has 1 aliphatic carbocycles. The van der Waals surface area contributed by atoms with Crippen molar-refractivity contribution in [3.8, 4) is 5.75 Å². The third-order valence-electron chi connectivity index (χ3n) is 4.86. The molecule has 2 aromatic rings. The van der Waals surface area contributed by atoms with Crippen LogP contribution in [-0.2, 0) is 11.3 Å². The Hall–Kier alpha value is -3.17. The van der Waals surface area contributed by atoms with E-state index in [0.29, 0.717) is 12.4 Å². The van der Waals surface area contributed by atoms with Gasteiger partial charge in [0.05, 0.1) is 30.9 Å². The maximum Gasteiger partial charge on any atom is 0.263 e. The summed E-state index contributed by atoms with van der Waals surface area (Å²) in [4.78, 5) is 37.8. The molecule has 1 fully saturated rings. The molecule has 9 heteroatoms. The molecule has 0 radical (unpaired) electrons. The summed E-state index contributed by atoms with van der Waals surface area (Å²) in [7, 11) is 1.43. The van der Waals surface area contributed by atoms with Crippen LogP contribution in [0.4, 0.5) is 0 Å². The topological polar surface area (TPSA) is 119 Å². The lowest BCUT2D eigenvalue weighted by Crippen LogP contribution is -2.35. The lowest BCUT2D eigenvalue weighted by molar-refractivity contribution is 0.0914. The summed E-state index contributed by atoms with van der Waals surface area (Å²) in [5.41, 5.74) is 0.348. The molecule has 0 unspecified atom stereocenters. The quantitative estimate of drug-likeness (QED) is 0.507. The van der Waals surface area contributed by atoms with Crippen molar-refractivity contribution in [2.24, 2.45) is 0 Å². The van der Waals surface area contributed by atoms with E-state index in [-0.39, 0.29) is 48.9 Å². The van der Waals surface area contributed by atoms with Crippen LogP contribution in [0.2, 0.25) is 0 Å². The summed E-state index contributed by atoms with van der Waals surface area (Å²) in [5.74, 6) is -0.381. The van der Waals surface area contributed by atoms with Crippen molar-refractivity contribution < 1.29 is 24.2 Å². The van der Waals surface area contributed by atoms with Gasteiger partial charge in [-0.3, -0.25) is 14.4 Å². The predicted molar refractivity (Wildman–Crippen MR) is 114 cm³/mol. The number of carbonyl (C=O) groups is 2. The largest absolute Gasteiger partial charge is 0.491 e. The molecule has 166 valence electrons. The molecule has 1 heterocycles. The van der Waals surface area contributed by atoms with E-state index in [1.54, 1.807) is 24.3 Å². The minimum atomic E-state index is -0.563. The van der Waals surface area contributed by atoms with Crippen molar-refractivity contribution in [1.82, 2.24) is 15.2 Å². The van der Waals surface area contributed by atoms with Crippen LogP contribution in [0.5, 0.6) is 5.75 Å². The number of benzene rings is 1. The van der Waals surface area contributed by atoms with Crippen LogP contribution in [0.15, 0.2) is 41.3 Å². The lowest BCUT2D eigenvalue weighted by atomic mass is 10.1. The molecule has 0 bridgehead atoms. The van der Waals surface area contributed by atoms with Gasteiger partial charge in [0.15, 0.2) is 0 Å². The summed E-state index contributed by atoms with van der Waals surface area (Å²) in [6.07, 6.45) is 2.19. The zero-order valence-corrected chi connectivity index (χ0v) is 17.6. The molecule has 0 saturated heterocycles. The van der Waals surface area contributed by atoms with E-state index in [0.717, 1.165) is 12.0 Å². The second kappa shape index (κ2) is 10.2. The molecule has 1 aliphatic rings. The molecule has 9 nitrogen and oxygen atoms in total. The van der Waals surface area contributed by atoms with Gasteiger partial charge in [-0.2, -0.15) is 0 Å². The number of amides is 2. The molecule has 1 aromatic carbocycles. The molecular weight excluding hydrogens is 402 g/mol. The van der Waals surface area contributed by atoms with Crippen molar-refractivity contribution in [3.05, 3.63) is 63.6 Å². The number of aliphatic hydroxyl groups excluding tert-OH is 1. The Morgan fingerprint density at radius 3 is 2.77 bits per heavy atom. The number of aromatic nitrogens is 1. The fourth-order valence-electron chi connectivity index (χ4n) is 3.24. The zero-order valence-electron chi connectivity index (χ0n) is 17.6. The summed E-state index contributed by atoms with van der Waals surface area (Å²) in [5, 5.41) is 14.2. The minimum absolute atomic E-state index is 0.0000681. The van der Waals surface area contributed by atoms with Crippen molar-refractivity contribution >= 4 is 11.8 Å². The van der Waals surface area contributed by atoms with E-state index >= 15 is 0 Å². The molecule has 3 rings (SSSR count). The van der Waals surface area contributed by atoms with E-state index in [2.05, 4.69) is 10.6 Å². The number of hydrogen-bond acceptors (Lipinski definition) is 6. The van der Waals surface area contributed by atoms with Gasteiger partial charge >= 0.3 is 0 Å². The Labute approximate surface area is 180 Å². The monoisotopic (exact) mass is 429 g/mol. The first-order valence-corrected chi connectivity index (χ1v) is 10.2. The van der Waals surface area contributed by atoms with Crippen LogP contribution in [0, 0.1) is 0 Å². The Balaban J connectivity index is 1.87. The Morgan fingerprint density at radius 1 is 1.26 bits per heavy atom. The maximum absolute atomic E-state index is 12.9. The van der Waals surface area contributed by atoms with Crippen molar-refractivity contribution in [2.75, 3.05) is 26.9 Å². The number of hydrogen-bond donors (Lipinski definition) is 3. The first-order valence-electron chi connectivity index (χ1n) is 10.2. The average molecular weight is 429 g/mol. The van der Waals surface area contributed by atoms with Crippen molar-refractivity contribution in [2.45, 2.75) is 32.0 Å². The van der Waals surface area contributed by atoms with E-state index < -0.39 is 11.5 Å². The highest BCUT2D eigenvalue weighted by atomic mass is 16.5. The number of nitrogens with one attached hydrogen (secondary N) is 2. The number of aliphatic hydroxyl groups is 1. The molecule has 0 spiro atoms. The highest BCUT2D eigenvalue weighted by Gasteiger charge is 2.39. The smallest absolute Gasteiger partial charge is 0.263 e. The van der Waals surface area contributed by atoms with Crippen LogP contribution in [-0.4, -0.2) is 60.5 Å². The van der Waals surface area contributed by atoms with Gasteiger partial charge in [-0.05, 0) is 37.1 Å². The minimum Gasteiger partial charge on any atom is -0.491 e. The molecule has 1 saturated carbocycles. The fourth-order valence-corrected chi connectivity index (χ4v) is 3.24. The summed E-state index contributed by atoms with van der Waals surface area (Å²) in [6.45, 7) is 2.66. The van der Waals surface area contributed by atoms with Crippen LogP contribution in [0.1, 0.15) is 39.6 Å². The SMILES string of the molecule is CCO[C@@H]1C[C@H]1NC(=O)c1cc(C(=O)NC)c(=O)n(Cc2cccc(OCCO)c2)c1. The van der Waals surface area contributed by atoms with E-state index in [9.17, 15) is 14.4 Å². The predicted octanol–water partition coefficient (Wildman–Crippen LogP) is 0.535. The first-order chi connectivity index (χ1) is 15.0. The summed E-state index contributed by atoms with van der Waals surface area (Å²) >= 11 is 0. The van der Waals surface area contributed by atoms with Crippen molar-refractivity contribution in [1.29, 1.82) is 0 Å². The van der Waals surface area contributed by atoms with Gasteiger partial charge in [-0.15, -0.1) is 0 Å². The third-order valence-corrected chi connectivity index (χ3v) is 4.86. The highest BCUT2D eigenvalue weighted by Crippen LogP contribution is 2.25. The van der Waals surface area contributed by atoms with Gasteiger partial charge in [-0.25, -0.2) is 0 Å². The number of pyridine rings is 1. The Kier molecular flexibility index (Phi) is 7.43. The second-order valence-electron chi connectivity index (χ2n) is 7.18. The maximum atomic E-state index is 12.9. The van der Waals surface area contributed by atoms with Gasteiger partial charge in [0.1, 0.15) is 17.9 Å². The number of nitrogens with zero attached hydrogens (tertiary/aromatic N) is 1. The second-order valence-corrected chi connectivity index (χ2v) is 7.18. The van der Waals surface area contributed by atoms with Crippen molar-refractivity contribution in [3.63, 3.8) is 0 Å². The number of ether oxygens (including phenoxy) is 2. The van der Waals surface area contributed by atoms with Gasteiger partial charge in [0.2, 0.25) is 0 Å². The van der Waals surface area contributed by atoms with Crippen LogP contribution < -0.4 is 20.9 Å². The molecule has 1 aromatic heterocycles. The van der Waals surface area contributed by atoms with Gasteiger partial charge in [0, 0.05) is 19.9 Å². The normalized spacial score (nSPS) is 17.1. The van der Waals surface area contributed by atoms with Crippen LogP contribution in [0.25, 0.3) is 0 Å². The standard InChI is InChI=1S/C22H27N3O6/c1-3-30-19-11-18(19)24-20(27)15-10-17(21(28)23-2)22(29)25(13-15)12-14-5-4-6-16(9-14)31-8-7-26/h4-6,9-10,13,18-19,26H,3,7-8,11-12H2,1-2H3,(H,23,28)(H,24,27)/t18-,19-/m1/s1. The Morgan fingerprint density at radius 2 is 2.06 bits per heavy atom. The Bertz CT molecular complexity index is 1000. The third kappa shape index (κ3) is 5.71. The van der Waals surface area contributed by atoms with Crippen LogP contribution in [0.3, 0.4) is 0 Å². The summed E-state index contributed by atoms with van der Waals surface area (Å²) in [6, 6.07) is 8.30. The van der Waals surface area contributed by atoms with Gasteiger partial charge < -0.3 is 29.8 Å². The van der Waals surface area contributed by atoms with E-state index in [1.165, 1.54) is 23.9 Å². The lowest BCUT2D eigenvalue weighted by Gasteiger charge is -2.13. The summed E-state index contributed by atoms with van der Waals surface area (Å²) < 4.78 is 12.2. The number of rotatable bonds is 10. The molecule has 3 N–H and O–H groups in total. The first kappa shape index (κ1) is 22.5. The van der Waals surface area contributed by atoms with Gasteiger partial charge in [-0.1, -0.05) is 12.1 Å².